The van der Waals surface area contributed by atoms with Crippen LogP contribution in [-0.2, 0) is 0 Å². The Hall–Kier alpha value is -0.0800. The molecule has 1 atom stereocenters. The average molecular weight is 198 g/mol. The molecule has 0 aromatic rings. The number of nitrogens with two attached hydrogens (primary N) is 1. The van der Waals surface area contributed by atoms with Gasteiger partial charge in [-0.3, -0.25) is 4.90 Å². The van der Waals surface area contributed by atoms with Gasteiger partial charge in [-0.25, -0.2) is 0 Å². The molecule has 1 heterocycles. The summed E-state index contributed by atoms with van der Waals surface area (Å²) >= 11 is 0. The van der Waals surface area contributed by atoms with Crippen LogP contribution in [0.3, 0.4) is 0 Å². The predicted octanol–water partition coefficient (Wildman–Crippen LogP) is 2.38. The lowest BCUT2D eigenvalue weighted by atomic mass is 9.88. The van der Waals surface area contributed by atoms with E-state index in [9.17, 15) is 0 Å². The molecule has 0 aliphatic carbocycles. The zero-order chi connectivity index (χ0) is 10.4. The maximum Gasteiger partial charge on any atom is 0.0329 e. The van der Waals surface area contributed by atoms with Crippen LogP contribution in [0.15, 0.2) is 0 Å². The van der Waals surface area contributed by atoms with Crippen molar-refractivity contribution >= 4 is 0 Å². The first-order valence-corrected chi connectivity index (χ1v) is 6.24. The van der Waals surface area contributed by atoms with Gasteiger partial charge in [0.25, 0.3) is 0 Å². The summed E-state index contributed by atoms with van der Waals surface area (Å²) in [7, 11) is 0. The number of hydrogen-bond acceptors (Lipinski definition) is 2. The second kappa shape index (κ2) is 5.72. The molecule has 0 amide bonds. The summed E-state index contributed by atoms with van der Waals surface area (Å²) in [5, 5.41) is 0. The quantitative estimate of drug-likeness (QED) is 0.710. The van der Waals surface area contributed by atoms with Gasteiger partial charge in [0.1, 0.15) is 0 Å². The molecule has 1 fully saturated rings. The minimum atomic E-state index is 0.326. The van der Waals surface area contributed by atoms with Crippen LogP contribution in [0.25, 0.3) is 0 Å². The third-order valence-electron chi connectivity index (χ3n) is 3.81. The maximum atomic E-state index is 6.00. The monoisotopic (exact) mass is 198 g/mol. The van der Waals surface area contributed by atoms with Crippen molar-refractivity contribution in [3.8, 4) is 0 Å². The molecule has 1 saturated heterocycles. The molecule has 2 nitrogen and oxygen atoms in total. The fourth-order valence-electron chi connectivity index (χ4n) is 2.63. The lowest BCUT2D eigenvalue weighted by Gasteiger charge is -2.41. The molecule has 2 heteroatoms. The van der Waals surface area contributed by atoms with Crippen molar-refractivity contribution in [2.75, 3.05) is 19.6 Å². The topological polar surface area (TPSA) is 29.3 Å². The summed E-state index contributed by atoms with van der Waals surface area (Å²) in [4.78, 5) is 2.64. The fraction of sp³-hybridized carbons (Fsp3) is 1.00. The van der Waals surface area contributed by atoms with E-state index in [2.05, 4.69) is 18.7 Å². The molecule has 1 aliphatic heterocycles. The van der Waals surface area contributed by atoms with Crippen molar-refractivity contribution in [3.63, 3.8) is 0 Å². The first-order chi connectivity index (χ1) is 6.79. The first kappa shape index (κ1) is 12.0. The average Bonchev–Trinajstić information content (AvgIpc) is 2.74. The number of likely N-dealkylation sites (tertiary alicyclic amines) is 1. The normalized spacial score (nSPS) is 22.5. The Labute approximate surface area is 88.8 Å². The predicted molar refractivity (Wildman–Crippen MR) is 62.4 cm³/mol. The van der Waals surface area contributed by atoms with Crippen LogP contribution in [0.2, 0.25) is 0 Å². The van der Waals surface area contributed by atoms with Crippen molar-refractivity contribution in [2.24, 2.45) is 5.73 Å². The second-order valence-corrected chi connectivity index (χ2v) is 4.58. The van der Waals surface area contributed by atoms with Gasteiger partial charge in [-0.2, -0.15) is 0 Å². The number of rotatable bonds is 6. The molecule has 1 unspecified atom stereocenters. The van der Waals surface area contributed by atoms with Gasteiger partial charge in [0.15, 0.2) is 0 Å². The van der Waals surface area contributed by atoms with Crippen LogP contribution >= 0.6 is 0 Å². The Bertz CT molecular complexity index is 146. The summed E-state index contributed by atoms with van der Waals surface area (Å²) in [5.74, 6) is 0. The highest BCUT2D eigenvalue weighted by Crippen LogP contribution is 2.28. The van der Waals surface area contributed by atoms with Crippen LogP contribution in [-0.4, -0.2) is 30.1 Å². The highest BCUT2D eigenvalue weighted by Gasteiger charge is 2.34. The van der Waals surface area contributed by atoms with E-state index in [0.29, 0.717) is 5.54 Å². The van der Waals surface area contributed by atoms with Crippen LogP contribution in [0.1, 0.15) is 52.4 Å². The van der Waals surface area contributed by atoms with Gasteiger partial charge in [0.2, 0.25) is 0 Å². The van der Waals surface area contributed by atoms with E-state index in [1.165, 1.54) is 51.6 Å². The molecule has 0 bridgehead atoms. The molecule has 0 aromatic heterocycles. The molecule has 1 rings (SSSR count). The highest BCUT2D eigenvalue weighted by atomic mass is 15.2. The van der Waals surface area contributed by atoms with Gasteiger partial charge in [0, 0.05) is 12.1 Å². The maximum absolute atomic E-state index is 6.00. The Morgan fingerprint density at radius 1 is 1.21 bits per heavy atom. The van der Waals surface area contributed by atoms with Crippen molar-refractivity contribution in [2.45, 2.75) is 57.9 Å². The Morgan fingerprint density at radius 2 is 1.86 bits per heavy atom. The molecule has 0 saturated carbocycles. The Kier molecular flexibility index (Phi) is 4.90. The van der Waals surface area contributed by atoms with Crippen molar-refractivity contribution < 1.29 is 0 Å². The van der Waals surface area contributed by atoms with Crippen molar-refractivity contribution in [3.05, 3.63) is 0 Å². The lowest BCUT2D eigenvalue weighted by molar-refractivity contribution is 0.106. The van der Waals surface area contributed by atoms with Crippen LogP contribution in [0, 0.1) is 0 Å². The zero-order valence-corrected chi connectivity index (χ0v) is 9.89. The molecule has 1 aliphatic rings. The Balaban J connectivity index is 2.57. The van der Waals surface area contributed by atoms with Gasteiger partial charge in [0.05, 0.1) is 0 Å². The summed E-state index contributed by atoms with van der Waals surface area (Å²) in [6.07, 6.45) is 7.85. The van der Waals surface area contributed by atoms with E-state index in [1.54, 1.807) is 0 Å². The van der Waals surface area contributed by atoms with Gasteiger partial charge in [-0.15, -0.1) is 0 Å². The SMILES string of the molecule is CCCCC(CC)(CN)N1CCCC1. The number of unbranched alkanes of at least 4 members (excludes halogenated alkanes) is 1. The smallest absolute Gasteiger partial charge is 0.0329 e. The van der Waals surface area contributed by atoms with E-state index < -0.39 is 0 Å². The summed E-state index contributed by atoms with van der Waals surface area (Å²) < 4.78 is 0. The van der Waals surface area contributed by atoms with Gasteiger partial charge < -0.3 is 5.73 Å². The van der Waals surface area contributed by atoms with Crippen LogP contribution in [0.5, 0.6) is 0 Å². The van der Waals surface area contributed by atoms with E-state index in [4.69, 9.17) is 5.73 Å². The molecule has 84 valence electrons. The molecule has 14 heavy (non-hydrogen) atoms. The highest BCUT2D eigenvalue weighted by molar-refractivity contribution is 4.92. The molecule has 0 spiro atoms. The minimum absolute atomic E-state index is 0.326. The van der Waals surface area contributed by atoms with Crippen molar-refractivity contribution in [1.82, 2.24) is 4.90 Å². The third-order valence-corrected chi connectivity index (χ3v) is 3.81. The Morgan fingerprint density at radius 3 is 2.29 bits per heavy atom. The number of nitrogens with zero attached hydrogens (tertiary/aromatic N) is 1. The largest absolute Gasteiger partial charge is 0.329 e. The minimum Gasteiger partial charge on any atom is -0.329 e. The van der Waals surface area contributed by atoms with E-state index in [1.807, 2.05) is 0 Å². The first-order valence-electron chi connectivity index (χ1n) is 6.24. The van der Waals surface area contributed by atoms with Crippen LogP contribution < -0.4 is 5.73 Å². The molecular weight excluding hydrogens is 172 g/mol. The van der Waals surface area contributed by atoms with Gasteiger partial charge in [-0.1, -0.05) is 26.7 Å². The van der Waals surface area contributed by atoms with Crippen molar-refractivity contribution in [1.29, 1.82) is 0 Å². The van der Waals surface area contributed by atoms with Crippen LogP contribution in [0.4, 0.5) is 0 Å². The van der Waals surface area contributed by atoms with E-state index in [-0.39, 0.29) is 0 Å². The summed E-state index contributed by atoms with van der Waals surface area (Å²) in [5.41, 5.74) is 6.32. The lowest BCUT2D eigenvalue weighted by Crippen LogP contribution is -2.52. The standard InChI is InChI=1S/C12H26N2/c1-3-5-8-12(4-2,11-13)14-9-6-7-10-14/h3-11,13H2,1-2H3. The summed E-state index contributed by atoms with van der Waals surface area (Å²) in [6, 6.07) is 0. The zero-order valence-electron chi connectivity index (χ0n) is 9.89. The van der Waals surface area contributed by atoms with Gasteiger partial charge >= 0.3 is 0 Å². The van der Waals surface area contributed by atoms with Gasteiger partial charge in [-0.05, 0) is 38.8 Å². The molecule has 0 aromatic carbocycles. The molecular formula is C12H26N2. The van der Waals surface area contributed by atoms with E-state index >= 15 is 0 Å². The second-order valence-electron chi connectivity index (χ2n) is 4.58. The number of hydrogen-bond donors (Lipinski definition) is 1. The molecule has 2 N–H and O–H groups in total. The molecule has 0 radical (unpaired) electrons. The van der Waals surface area contributed by atoms with E-state index in [0.717, 1.165) is 6.54 Å². The summed E-state index contributed by atoms with van der Waals surface area (Å²) in [6.45, 7) is 7.94. The third kappa shape index (κ3) is 2.48. The fourth-order valence-corrected chi connectivity index (χ4v) is 2.63.